The maximum Gasteiger partial charge on any atom is 0.351 e. The summed E-state index contributed by atoms with van der Waals surface area (Å²) in [7, 11) is -0.211. The number of carbonyl (C=O) groups is 1. The Morgan fingerprint density at radius 3 is 2.07 bits per heavy atom. The van der Waals surface area contributed by atoms with Crippen molar-refractivity contribution in [1.29, 1.82) is 5.26 Å². The zero-order valence-electron chi connectivity index (χ0n) is 41.5. The zero-order chi connectivity index (χ0) is 51.1. The second-order valence-corrected chi connectivity index (χ2v) is 20.0. The molecule has 17 heteroatoms. The average Bonchev–Trinajstić information content (AvgIpc) is 3.72. The van der Waals surface area contributed by atoms with E-state index in [1.54, 1.807) is 55.6 Å². The summed E-state index contributed by atoms with van der Waals surface area (Å²) in [6, 6.07) is 44.3. The van der Waals surface area contributed by atoms with E-state index in [9.17, 15) is 14.9 Å². The molecule has 2 fully saturated rings. The van der Waals surface area contributed by atoms with E-state index >= 15 is 4.39 Å². The van der Waals surface area contributed by atoms with E-state index in [2.05, 4.69) is 48.7 Å². The third-order valence-corrected chi connectivity index (χ3v) is 15.4. The van der Waals surface area contributed by atoms with Crippen molar-refractivity contribution >= 4 is 25.9 Å². The van der Waals surface area contributed by atoms with Crippen LogP contribution in [0.1, 0.15) is 80.2 Å². The number of amides is 1. The first-order chi connectivity index (χ1) is 35.4. The summed E-state index contributed by atoms with van der Waals surface area (Å²) in [5.41, 5.74) is 0.954. The van der Waals surface area contributed by atoms with Crippen LogP contribution in [0.3, 0.4) is 0 Å². The number of piperidine rings is 1. The minimum absolute atomic E-state index is 0.00694. The molecule has 2 saturated heterocycles. The fourth-order valence-corrected chi connectivity index (χ4v) is 11.6. The lowest BCUT2D eigenvalue weighted by Gasteiger charge is -2.46. The summed E-state index contributed by atoms with van der Waals surface area (Å²) in [6.07, 6.45) is -2.17. The summed E-state index contributed by atoms with van der Waals surface area (Å²) in [4.78, 5) is 34.2. The van der Waals surface area contributed by atoms with Gasteiger partial charge in [0.25, 0.3) is 14.4 Å². The van der Waals surface area contributed by atoms with E-state index in [4.69, 9.17) is 32.7 Å². The molecule has 3 aliphatic heterocycles. The van der Waals surface area contributed by atoms with Crippen molar-refractivity contribution in [2.45, 2.75) is 95.0 Å². The Balaban J connectivity index is 1.19. The summed E-state index contributed by atoms with van der Waals surface area (Å²) in [5.74, 6) is -0.882. The van der Waals surface area contributed by atoms with Gasteiger partial charge >= 0.3 is 5.69 Å². The van der Waals surface area contributed by atoms with Crippen LogP contribution in [0, 0.1) is 17.1 Å². The van der Waals surface area contributed by atoms with Crippen molar-refractivity contribution in [1.82, 2.24) is 14.2 Å². The van der Waals surface area contributed by atoms with Crippen LogP contribution < -0.4 is 20.6 Å². The lowest BCUT2D eigenvalue weighted by molar-refractivity contribution is -0.282. The van der Waals surface area contributed by atoms with Crippen molar-refractivity contribution in [3.63, 3.8) is 0 Å². The van der Waals surface area contributed by atoms with Crippen molar-refractivity contribution in [2.24, 2.45) is 0 Å². The van der Waals surface area contributed by atoms with Gasteiger partial charge < -0.3 is 42.9 Å². The number of aromatic nitrogens is 2. The van der Waals surface area contributed by atoms with Crippen molar-refractivity contribution in [3.8, 4) is 17.6 Å². The predicted molar refractivity (Wildman–Crippen MR) is 275 cm³/mol. The van der Waals surface area contributed by atoms with Gasteiger partial charge in [0.15, 0.2) is 17.6 Å². The van der Waals surface area contributed by atoms with E-state index in [1.165, 1.54) is 22.9 Å². The van der Waals surface area contributed by atoms with Gasteiger partial charge in [-0.05, 0) is 75.7 Å². The first-order valence-electron chi connectivity index (χ1n) is 24.6. The Morgan fingerprint density at radius 2 is 1.45 bits per heavy atom. The largest absolute Gasteiger partial charge is 0.457 e. The fraction of sp³-hybridized carbons (Fsp3) is 0.357. The zero-order valence-corrected chi connectivity index (χ0v) is 42.4. The molecule has 5 aromatic carbocycles. The number of ether oxygens (including phenoxy) is 5. The van der Waals surface area contributed by atoms with Gasteiger partial charge in [0.05, 0.1) is 31.4 Å². The number of nitrogens with one attached hydrogen (secondary N) is 1. The molecule has 1 aromatic heterocycles. The van der Waals surface area contributed by atoms with E-state index < -0.39 is 56.1 Å². The van der Waals surface area contributed by atoms with E-state index in [1.807, 2.05) is 83.8 Å². The summed E-state index contributed by atoms with van der Waals surface area (Å²) < 4.78 is 67.5. The number of fused-ring (bicyclic) bond motifs is 2. The maximum absolute atomic E-state index is 15.3. The lowest BCUT2D eigenvalue weighted by atomic mass is 9.77. The van der Waals surface area contributed by atoms with Gasteiger partial charge in [-0.25, -0.2) is 13.9 Å². The molecule has 1 amide bonds. The summed E-state index contributed by atoms with van der Waals surface area (Å²) >= 11 is 0. The van der Waals surface area contributed by atoms with Gasteiger partial charge in [0.1, 0.15) is 41.4 Å². The number of hydrogen-bond acceptors (Lipinski definition) is 13. The standard InChI is InChI=1S/C56H60FN6O9P/c1-38(2)63(39(3)4)73(67-36-18-32-58)68-37-48-50(72-56(41-21-10-7-11-22-41)42-23-12-16-27-46(42)69-47-28-17-13-24-43(47)56)51(71-55(66-5)30-34-61(35-31-55)45-26-15-14-25-44(45)57)53(70-48)62-33-29-49(60-54(62)65)59-52(64)40-19-8-6-9-20-40/h6-17,19-29,33,38-39,48,50-51,53H,18,30-31,34-37H2,1-5H3,(H,59,60,64,65)/t48-,50-,51-,53-,73?/m1/s1. The van der Waals surface area contributed by atoms with Gasteiger partial charge in [-0.15, -0.1) is 0 Å². The van der Waals surface area contributed by atoms with Crippen LogP contribution in [0.2, 0.25) is 0 Å². The topological polar surface area (TPSA) is 159 Å². The normalized spacial score (nSPS) is 20.2. The molecule has 15 nitrogen and oxygen atoms in total. The average molecular weight is 1010 g/mol. The van der Waals surface area contributed by atoms with Crippen LogP contribution in [0.5, 0.6) is 11.5 Å². The molecule has 9 rings (SSSR count). The Labute approximate surface area is 426 Å². The van der Waals surface area contributed by atoms with Gasteiger partial charge in [-0.2, -0.15) is 10.2 Å². The minimum atomic E-state index is -1.79. The van der Waals surface area contributed by atoms with Gasteiger partial charge in [-0.3, -0.25) is 9.36 Å². The van der Waals surface area contributed by atoms with E-state index in [-0.39, 0.29) is 43.4 Å². The number of para-hydroxylation sites is 3. The second-order valence-electron chi connectivity index (χ2n) is 18.6. The highest BCUT2D eigenvalue weighted by Gasteiger charge is 2.57. The molecular formula is C56H60FN6O9P. The molecule has 0 saturated carbocycles. The van der Waals surface area contributed by atoms with Gasteiger partial charge in [0.2, 0.25) is 0 Å². The number of hydrogen-bond donors (Lipinski definition) is 1. The Hall–Kier alpha value is -6.38. The molecule has 0 bridgehead atoms. The molecule has 1 unspecified atom stereocenters. The number of carbonyl (C=O) groups excluding carboxylic acids is 1. The molecule has 4 heterocycles. The number of rotatable bonds is 19. The smallest absolute Gasteiger partial charge is 0.351 e. The molecule has 380 valence electrons. The molecule has 0 spiro atoms. The lowest BCUT2D eigenvalue weighted by Crippen LogP contribution is -2.54. The minimum Gasteiger partial charge on any atom is -0.457 e. The Morgan fingerprint density at radius 1 is 0.836 bits per heavy atom. The van der Waals surface area contributed by atoms with Gasteiger partial charge in [0, 0.05) is 68.0 Å². The van der Waals surface area contributed by atoms with Crippen LogP contribution >= 0.6 is 8.53 Å². The van der Waals surface area contributed by atoms with Crippen LogP contribution in [0.4, 0.5) is 15.9 Å². The SMILES string of the molecule is COC1(O[C@@H]2[C@H](OC3(c4ccccc4)c4ccccc4Oc4ccccc43)[C@@H](COP(OCCC#N)N(C(C)C)C(C)C)O[C@H]2n2ccc(NC(=O)c3ccccc3)nc2=O)CCN(c2ccccc2F)CC1. The third-order valence-electron chi connectivity index (χ3n) is 13.4. The van der Waals surface area contributed by atoms with Crippen LogP contribution in [0.25, 0.3) is 0 Å². The number of methoxy groups -OCH3 is 1. The van der Waals surface area contributed by atoms with Crippen molar-refractivity contribution in [3.05, 3.63) is 184 Å². The van der Waals surface area contributed by atoms with Crippen molar-refractivity contribution in [2.75, 3.05) is 43.6 Å². The monoisotopic (exact) mass is 1010 g/mol. The molecule has 73 heavy (non-hydrogen) atoms. The molecule has 0 aliphatic carbocycles. The first-order valence-corrected chi connectivity index (χ1v) is 25.7. The van der Waals surface area contributed by atoms with E-state index in [0.717, 1.165) is 5.56 Å². The van der Waals surface area contributed by atoms with Crippen LogP contribution in [0.15, 0.2) is 151 Å². The second kappa shape index (κ2) is 22.8. The molecular weight excluding hydrogens is 951 g/mol. The molecule has 3 aliphatic rings. The highest BCUT2D eigenvalue weighted by atomic mass is 31.2. The number of anilines is 2. The number of nitrogens with zero attached hydrogens (tertiary/aromatic N) is 5. The highest BCUT2D eigenvalue weighted by molar-refractivity contribution is 7.44. The molecule has 5 atom stereocenters. The molecule has 6 aromatic rings. The molecule has 0 radical (unpaired) electrons. The predicted octanol–water partition coefficient (Wildman–Crippen LogP) is 10.3. The fourth-order valence-electron chi connectivity index (χ4n) is 9.99. The Kier molecular flexibility index (Phi) is 16.1. The molecule has 1 N–H and O–H groups in total. The highest BCUT2D eigenvalue weighted by Crippen LogP contribution is 2.55. The maximum atomic E-state index is 15.3. The number of halogens is 1. The quantitative estimate of drug-likeness (QED) is 0.0465. The van der Waals surface area contributed by atoms with Gasteiger partial charge in [-0.1, -0.05) is 97.1 Å². The first kappa shape index (κ1) is 51.5. The number of nitriles is 1. The van der Waals surface area contributed by atoms with Crippen molar-refractivity contribution < 1.29 is 41.9 Å². The summed E-state index contributed by atoms with van der Waals surface area (Å²) in [6.45, 7) is 8.99. The third kappa shape index (κ3) is 10.8. The van der Waals surface area contributed by atoms with Crippen LogP contribution in [-0.4, -0.2) is 89.7 Å². The summed E-state index contributed by atoms with van der Waals surface area (Å²) in [5, 5.41) is 12.3. The van der Waals surface area contributed by atoms with E-state index in [0.29, 0.717) is 59.8 Å². The number of benzene rings is 5. The van der Waals surface area contributed by atoms with Crippen LogP contribution in [-0.2, 0) is 33.6 Å². The Bertz CT molecular complexity index is 2880.